The van der Waals surface area contributed by atoms with Crippen LogP contribution in [0.1, 0.15) is 0 Å². The van der Waals surface area contributed by atoms with Gasteiger partial charge in [-0.25, -0.2) is 0 Å². The van der Waals surface area contributed by atoms with E-state index in [9.17, 15) is 25.5 Å². The molecular formula is C12H23NO9. The zero-order valence-corrected chi connectivity index (χ0v) is 11.8. The minimum atomic E-state index is -1.63. The van der Waals surface area contributed by atoms with Gasteiger partial charge in [0, 0.05) is 6.54 Å². The van der Waals surface area contributed by atoms with Gasteiger partial charge in [0.05, 0.1) is 25.4 Å². The van der Waals surface area contributed by atoms with Gasteiger partial charge in [-0.05, 0) is 0 Å². The van der Waals surface area contributed by atoms with Crippen LogP contribution >= 0.6 is 0 Å². The highest BCUT2D eigenvalue weighted by atomic mass is 16.7. The molecule has 0 aromatic rings. The van der Waals surface area contributed by atoms with E-state index in [0.29, 0.717) is 0 Å². The second-order valence-electron chi connectivity index (χ2n) is 5.55. The molecule has 130 valence electrons. The van der Waals surface area contributed by atoms with Crippen LogP contribution in [-0.4, -0.2) is 111 Å². The lowest BCUT2D eigenvalue weighted by Crippen LogP contribution is -2.65. The van der Waals surface area contributed by atoms with E-state index in [-0.39, 0.29) is 13.2 Å². The first-order valence-corrected chi connectivity index (χ1v) is 7.07. The zero-order valence-electron chi connectivity index (χ0n) is 11.8. The Kier molecular flexibility index (Phi) is 6.07. The third-order valence-corrected chi connectivity index (χ3v) is 4.05. The van der Waals surface area contributed by atoms with Crippen molar-refractivity contribution in [3.05, 3.63) is 0 Å². The number of ether oxygens (including phenoxy) is 2. The molecule has 0 aromatic carbocycles. The predicted octanol–water partition coefficient (Wildman–Crippen LogP) is -5.14. The number of rotatable bonds is 4. The molecule has 2 heterocycles. The fourth-order valence-corrected chi connectivity index (χ4v) is 2.64. The first-order valence-electron chi connectivity index (χ1n) is 7.07. The van der Waals surface area contributed by atoms with Crippen molar-refractivity contribution in [2.24, 2.45) is 0 Å². The largest absolute Gasteiger partial charge is 0.395 e. The van der Waals surface area contributed by atoms with Crippen molar-refractivity contribution >= 4 is 0 Å². The molecule has 9 atom stereocenters. The van der Waals surface area contributed by atoms with Crippen LogP contribution in [0.5, 0.6) is 0 Å². The zero-order chi connectivity index (χ0) is 16.4. The monoisotopic (exact) mass is 325 g/mol. The van der Waals surface area contributed by atoms with Crippen LogP contribution < -0.4 is 5.32 Å². The summed E-state index contributed by atoms with van der Waals surface area (Å²) in [6, 6.07) is -0.724. The van der Waals surface area contributed by atoms with Crippen LogP contribution in [0.15, 0.2) is 0 Å². The van der Waals surface area contributed by atoms with E-state index in [1.807, 2.05) is 0 Å². The Hall–Kier alpha value is -0.400. The van der Waals surface area contributed by atoms with Crippen LogP contribution in [0, 0.1) is 0 Å². The maximum absolute atomic E-state index is 10.1. The first kappa shape index (κ1) is 17.9. The van der Waals surface area contributed by atoms with Crippen molar-refractivity contribution in [3.8, 4) is 0 Å². The minimum Gasteiger partial charge on any atom is -0.395 e. The summed E-state index contributed by atoms with van der Waals surface area (Å²) in [6.07, 6.45) is -10.9. The molecule has 0 unspecified atom stereocenters. The molecule has 0 amide bonds. The van der Waals surface area contributed by atoms with E-state index >= 15 is 0 Å². The van der Waals surface area contributed by atoms with Crippen molar-refractivity contribution in [1.29, 1.82) is 0 Å². The van der Waals surface area contributed by atoms with Gasteiger partial charge in [-0.1, -0.05) is 0 Å². The van der Waals surface area contributed by atoms with Crippen LogP contribution in [0.3, 0.4) is 0 Å². The lowest BCUT2D eigenvalue weighted by molar-refractivity contribution is -0.326. The smallest absolute Gasteiger partial charge is 0.187 e. The van der Waals surface area contributed by atoms with Gasteiger partial charge in [0.1, 0.15) is 36.6 Å². The molecule has 0 aromatic heterocycles. The van der Waals surface area contributed by atoms with Crippen molar-refractivity contribution in [3.63, 3.8) is 0 Å². The highest BCUT2D eigenvalue weighted by Gasteiger charge is 2.47. The second-order valence-corrected chi connectivity index (χ2v) is 5.55. The van der Waals surface area contributed by atoms with E-state index in [1.54, 1.807) is 0 Å². The Morgan fingerprint density at radius 3 is 2.18 bits per heavy atom. The predicted molar refractivity (Wildman–Crippen MR) is 69.5 cm³/mol. The van der Waals surface area contributed by atoms with E-state index in [2.05, 4.69) is 5.32 Å². The Morgan fingerprint density at radius 2 is 1.59 bits per heavy atom. The molecule has 10 nitrogen and oxygen atoms in total. The van der Waals surface area contributed by atoms with Crippen LogP contribution in [0.4, 0.5) is 0 Å². The normalized spacial score (nSPS) is 50.0. The Labute approximate surface area is 126 Å². The number of aliphatic hydroxyl groups is 7. The molecule has 0 aliphatic carbocycles. The summed E-state index contributed by atoms with van der Waals surface area (Å²) in [5.41, 5.74) is 0. The summed E-state index contributed by atoms with van der Waals surface area (Å²) in [5.74, 6) is 0. The number of hydrogen-bond acceptors (Lipinski definition) is 10. The average molecular weight is 325 g/mol. The summed E-state index contributed by atoms with van der Waals surface area (Å²) >= 11 is 0. The Balaban J connectivity index is 2.07. The lowest BCUT2D eigenvalue weighted by atomic mass is 9.95. The average Bonchev–Trinajstić information content (AvgIpc) is 2.51. The van der Waals surface area contributed by atoms with Gasteiger partial charge < -0.3 is 50.5 Å². The van der Waals surface area contributed by atoms with Crippen LogP contribution in [-0.2, 0) is 9.47 Å². The third kappa shape index (κ3) is 3.41. The summed E-state index contributed by atoms with van der Waals surface area (Å²) in [6.45, 7) is -0.950. The van der Waals surface area contributed by atoms with Gasteiger partial charge in [0.2, 0.25) is 0 Å². The number of piperidine rings is 1. The maximum atomic E-state index is 10.1. The van der Waals surface area contributed by atoms with E-state index in [0.717, 1.165) is 0 Å². The van der Waals surface area contributed by atoms with Gasteiger partial charge in [0.25, 0.3) is 0 Å². The standard InChI is InChI=1S/C12H23NO9/c14-2-4-7(17)11(5(16)1-13-4)22-12-10(20)9(19)8(18)6(3-15)21-12/h4-20H,1-3H2/t4-,5-,6-,7-,8-,9+,10-,11-,12+/m1/s1. The summed E-state index contributed by atoms with van der Waals surface area (Å²) in [4.78, 5) is 0. The molecular weight excluding hydrogens is 302 g/mol. The van der Waals surface area contributed by atoms with Crippen molar-refractivity contribution in [1.82, 2.24) is 5.32 Å². The molecule has 22 heavy (non-hydrogen) atoms. The van der Waals surface area contributed by atoms with Gasteiger partial charge in [0.15, 0.2) is 6.29 Å². The molecule has 0 radical (unpaired) electrons. The van der Waals surface area contributed by atoms with Crippen LogP contribution in [0.25, 0.3) is 0 Å². The summed E-state index contributed by atoms with van der Waals surface area (Å²) < 4.78 is 10.5. The maximum Gasteiger partial charge on any atom is 0.187 e. The summed E-state index contributed by atoms with van der Waals surface area (Å²) in [7, 11) is 0. The molecule has 2 aliphatic heterocycles. The molecule has 2 saturated heterocycles. The molecule has 0 spiro atoms. The fraction of sp³-hybridized carbons (Fsp3) is 1.00. The van der Waals surface area contributed by atoms with Gasteiger partial charge in [-0.15, -0.1) is 0 Å². The SMILES string of the molecule is OC[C@H]1NC[C@@H](O)[C@@H](O[C@@H]2O[C@H](CO)[C@@H](O)[C@H](O)[C@H]2O)[C@@H]1O. The molecule has 0 bridgehead atoms. The first-order chi connectivity index (χ1) is 10.4. The highest BCUT2D eigenvalue weighted by molar-refractivity contribution is 4.95. The van der Waals surface area contributed by atoms with Crippen molar-refractivity contribution in [2.75, 3.05) is 19.8 Å². The topological polar surface area (TPSA) is 172 Å². The highest BCUT2D eigenvalue weighted by Crippen LogP contribution is 2.25. The van der Waals surface area contributed by atoms with E-state index in [4.69, 9.17) is 19.7 Å². The van der Waals surface area contributed by atoms with Gasteiger partial charge in [-0.2, -0.15) is 0 Å². The molecule has 0 saturated carbocycles. The molecule has 2 fully saturated rings. The second kappa shape index (κ2) is 7.45. The minimum absolute atomic E-state index is 0.0460. The number of β-amino-alcohol motifs (C(OH)–C–C–N with tert-alkyl or cyclic N) is 1. The lowest BCUT2D eigenvalue weighted by Gasteiger charge is -2.44. The fourth-order valence-electron chi connectivity index (χ4n) is 2.64. The van der Waals surface area contributed by atoms with Crippen molar-refractivity contribution < 1.29 is 45.2 Å². The van der Waals surface area contributed by atoms with Gasteiger partial charge >= 0.3 is 0 Å². The van der Waals surface area contributed by atoms with Crippen molar-refractivity contribution in [2.45, 2.75) is 55.1 Å². The van der Waals surface area contributed by atoms with Crippen LogP contribution in [0.2, 0.25) is 0 Å². The van der Waals surface area contributed by atoms with E-state index < -0.39 is 61.7 Å². The number of hydrogen-bond donors (Lipinski definition) is 8. The third-order valence-electron chi connectivity index (χ3n) is 4.05. The Bertz CT molecular complexity index is 357. The quantitative estimate of drug-likeness (QED) is 0.250. The molecule has 2 aliphatic rings. The molecule has 10 heteroatoms. The van der Waals surface area contributed by atoms with Gasteiger partial charge in [-0.3, -0.25) is 0 Å². The Morgan fingerprint density at radius 1 is 0.909 bits per heavy atom. The summed E-state index contributed by atoms with van der Waals surface area (Å²) in [5, 5.41) is 70.1. The van der Waals surface area contributed by atoms with E-state index in [1.165, 1.54) is 0 Å². The number of aliphatic hydroxyl groups excluding tert-OH is 7. The number of nitrogens with one attached hydrogen (secondary N) is 1. The molecule has 8 N–H and O–H groups in total. The molecule has 2 rings (SSSR count).